The van der Waals surface area contributed by atoms with Crippen LogP contribution in [0, 0.1) is 0 Å². The number of oxazole rings is 1. The number of likely N-dealkylation sites (tertiary alicyclic amines) is 1. The highest BCUT2D eigenvalue weighted by molar-refractivity contribution is 5.74. The minimum atomic E-state index is -0.00109. The van der Waals surface area contributed by atoms with Crippen LogP contribution in [0.2, 0.25) is 0 Å². The standard InChI is InChI=1S/C19H23N5O2/c25-19(24-12-4-5-14(13-24)18-20-10-11-21-18)22-9-3-8-17-23-15-6-1-2-7-16(15)26-17/h1-2,6-7,10-11,14H,3-5,8-9,12-13H2,(H,20,21)(H,22,25)/t14-/m0/s1. The van der Waals surface area contributed by atoms with Gasteiger partial charge in [0.2, 0.25) is 0 Å². The van der Waals surface area contributed by atoms with Gasteiger partial charge in [-0.15, -0.1) is 0 Å². The molecule has 0 aliphatic carbocycles. The first-order valence-electron chi connectivity index (χ1n) is 9.16. The Bertz CT molecular complexity index is 825. The second-order valence-electron chi connectivity index (χ2n) is 6.67. The number of amides is 2. The molecule has 1 aliphatic heterocycles. The molecule has 7 heteroatoms. The molecule has 0 unspecified atom stereocenters. The van der Waals surface area contributed by atoms with Gasteiger partial charge in [-0.3, -0.25) is 0 Å². The van der Waals surface area contributed by atoms with E-state index in [9.17, 15) is 4.79 Å². The van der Waals surface area contributed by atoms with Crippen LogP contribution in [0.4, 0.5) is 4.79 Å². The van der Waals surface area contributed by atoms with Crippen LogP contribution in [0.3, 0.4) is 0 Å². The van der Waals surface area contributed by atoms with Crippen LogP contribution < -0.4 is 5.32 Å². The first-order chi connectivity index (χ1) is 12.8. The summed E-state index contributed by atoms with van der Waals surface area (Å²) < 4.78 is 5.70. The average molecular weight is 353 g/mol. The fourth-order valence-electron chi connectivity index (χ4n) is 3.46. The van der Waals surface area contributed by atoms with Crippen LogP contribution in [-0.4, -0.2) is 45.5 Å². The van der Waals surface area contributed by atoms with Crippen molar-refractivity contribution >= 4 is 17.1 Å². The van der Waals surface area contributed by atoms with Gasteiger partial charge in [0.05, 0.1) is 0 Å². The Kier molecular flexibility index (Phi) is 4.86. The number of urea groups is 1. The van der Waals surface area contributed by atoms with E-state index in [1.165, 1.54) is 0 Å². The number of aromatic amines is 1. The summed E-state index contributed by atoms with van der Waals surface area (Å²) in [6.45, 7) is 2.12. The van der Waals surface area contributed by atoms with Gasteiger partial charge >= 0.3 is 6.03 Å². The van der Waals surface area contributed by atoms with Crippen molar-refractivity contribution in [2.24, 2.45) is 0 Å². The monoisotopic (exact) mass is 353 g/mol. The Labute approximate surface area is 151 Å². The number of carbonyl (C=O) groups excluding carboxylic acids is 1. The zero-order chi connectivity index (χ0) is 17.8. The fraction of sp³-hybridized carbons (Fsp3) is 0.421. The molecule has 2 N–H and O–H groups in total. The molecule has 0 bridgehead atoms. The highest BCUT2D eigenvalue weighted by Crippen LogP contribution is 2.24. The summed E-state index contributed by atoms with van der Waals surface area (Å²) in [5.74, 6) is 1.99. The predicted molar refractivity (Wildman–Crippen MR) is 97.9 cm³/mol. The summed E-state index contributed by atoms with van der Waals surface area (Å²) in [6, 6.07) is 7.74. The van der Waals surface area contributed by atoms with E-state index in [1.807, 2.05) is 35.4 Å². The van der Waals surface area contributed by atoms with Crippen LogP contribution >= 0.6 is 0 Å². The summed E-state index contributed by atoms with van der Waals surface area (Å²) >= 11 is 0. The maximum Gasteiger partial charge on any atom is 0.317 e. The number of para-hydroxylation sites is 2. The second kappa shape index (κ2) is 7.59. The lowest BCUT2D eigenvalue weighted by atomic mass is 9.98. The normalized spacial score (nSPS) is 17.5. The van der Waals surface area contributed by atoms with Gasteiger partial charge in [-0.2, -0.15) is 0 Å². The van der Waals surface area contributed by atoms with Gasteiger partial charge in [0.15, 0.2) is 11.5 Å². The molecule has 0 spiro atoms. The number of H-pyrrole nitrogens is 1. The molecule has 26 heavy (non-hydrogen) atoms. The molecule has 1 atom stereocenters. The van der Waals surface area contributed by atoms with Gasteiger partial charge in [0.25, 0.3) is 0 Å². The number of aromatic nitrogens is 3. The van der Waals surface area contributed by atoms with Crippen molar-refractivity contribution in [2.75, 3.05) is 19.6 Å². The molecule has 136 valence electrons. The Morgan fingerprint density at radius 2 is 2.31 bits per heavy atom. The van der Waals surface area contributed by atoms with Gasteiger partial charge in [-0.1, -0.05) is 12.1 Å². The zero-order valence-electron chi connectivity index (χ0n) is 14.6. The number of imidazole rings is 1. The molecule has 2 amide bonds. The second-order valence-corrected chi connectivity index (χ2v) is 6.67. The number of carbonyl (C=O) groups is 1. The van der Waals surface area contributed by atoms with Crippen molar-refractivity contribution in [3.63, 3.8) is 0 Å². The van der Waals surface area contributed by atoms with E-state index < -0.39 is 0 Å². The number of aryl methyl sites for hydroxylation is 1. The number of hydrogen-bond acceptors (Lipinski definition) is 4. The lowest BCUT2D eigenvalue weighted by molar-refractivity contribution is 0.178. The summed E-state index contributed by atoms with van der Waals surface area (Å²) in [6.07, 6.45) is 7.18. The number of piperidine rings is 1. The third kappa shape index (κ3) is 3.71. The third-order valence-corrected chi connectivity index (χ3v) is 4.80. The lowest BCUT2D eigenvalue weighted by Crippen LogP contribution is -2.45. The quantitative estimate of drug-likeness (QED) is 0.690. The number of nitrogens with zero attached hydrogens (tertiary/aromatic N) is 3. The van der Waals surface area contributed by atoms with Crippen LogP contribution in [-0.2, 0) is 6.42 Å². The minimum absolute atomic E-state index is 0.00109. The fourth-order valence-corrected chi connectivity index (χ4v) is 3.46. The van der Waals surface area contributed by atoms with E-state index in [2.05, 4.69) is 20.3 Å². The molecule has 3 aromatic rings. The Morgan fingerprint density at radius 1 is 1.38 bits per heavy atom. The van der Waals surface area contributed by atoms with Crippen LogP contribution in [0.1, 0.15) is 36.9 Å². The van der Waals surface area contributed by atoms with Crippen molar-refractivity contribution in [3.05, 3.63) is 48.4 Å². The molecule has 3 heterocycles. The molecule has 0 radical (unpaired) electrons. The number of nitrogens with one attached hydrogen (secondary N) is 2. The lowest BCUT2D eigenvalue weighted by Gasteiger charge is -2.31. The Morgan fingerprint density at radius 3 is 3.15 bits per heavy atom. The smallest absolute Gasteiger partial charge is 0.317 e. The van der Waals surface area contributed by atoms with E-state index in [-0.39, 0.29) is 6.03 Å². The third-order valence-electron chi connectivity index (χ3n) is 4.80. The number of rotatable bonds is 5. The molecule has 1 aliphatic rings. The molecule has 1 fully saturated rings. The number of hydrogen-bond donors (Lipinski definition) is 2. The molecule has 2 aromatic heterocycles. The molecular formula is C19H23N5O2. The molecule has 7 nitrogen and oxygen atoms in total. The van der Waals surface area contributed by atoms with Gasteiger partial charge < -0.3 is 19.6 Å². The topological polar surface area (TPSA) is 87.1 Å². The first kappa shape index (κ1) is 16.6. The zero-order valence-corrected chi connectivity index (χ0v) is 14.6. The van der Waals surface area contributed by atoms with Crippen LogP contribution in [0.5, 0.6) is 0 Å². The molecule has 1 saturated heterocycles. The molecule has 4 rings (SSSR count). The Hall–Kier alpha value is -2.83. The van der Waals surface area contributed by atoms with Crippen LogP contribution in [0.15, 0.2) is 41.1 Å². The van der Waals surface area contributed by atoms with E-state index >= 15 is 0 Å². The van der Waals surface area contributed by atoms with E-state index in [0.717, 1.165) is 48.6 Å². The van der Waals surface area contributed by atoms with E-state index in [1.54, 1.807) is 6.20 Å². The first-order valence-corrected chi connectivity index (χ1v) is 9.16. The van der Waals surface area contributed by atoms with Gasteiger partial charge in [-0.05, 0) is 31.4 Å². The minimum Gasteiger partial charge on any atom is -0.441 e. The van der Waals surface area contributed by atoms with E-state index in [4.69, 9.17) is 4.42 Å². The molecular weight excluding hydrogens is 330 g/mol. The Balaban J connectivity index is 1.23. The summed E-state index contributed by atoms with van der Waals surface area (Å²) in [5, 5.41) is 3.01. The predicted octanol–water partition coefficient (Wildman–Crippen LogP) is 3.07. The van der Waals surface area contributed by atoms with Gasteiger partial charge in [0.1, 0.15) is 11.3 Å². The average Bonchev–Trinajstić information content (AvgIpc) is 3.34. The maximum atomic E-state index is 12.4. The maximum absolute atomic E-state index is 12.4. The van der Waals surface area contributed by atoms with E-state index in [0.29, 0.717) is 25.4 Å². The summed E-state index contributed by atoms with van der Waals surface area (Å²) in [4.78, 5) is 26.2. The van der Waals surface area contributed by atoms with Gasteiger partial charge in [-0.25, -0.2) is 14.8 Å². The summed E-state index contributed by atoms with van der Waals surface area (Å²) in [7, 11) is 0. The highest BCUT2D eigenvalue weighted by Gasteiger charge is 2.25. The van der Waals surface area contributed by atoms with Crippen molar-refractivity contribution in [1.29, 1.82) is 0 Å². The van der Waals surface area contributed by atoms with Crippen molar-refractivity contribution in [2.45, 2.75) is 31.6 Å². The van der Waals surface area contributed by atoms with Crippen molar-refractivity contribution < 1.29 is 9.21 Å². The highest BCUT2D eigenvalue weighted by atomic mass is 16.3. The summed E-state index contributed by atoms with van der Waals surface area (Å²) in [5.41, 5.74) is 1.69. The molecule has 1 aromatic carbocycles. The number of benzene rings is 1. The van der Waals surface area contributed by atoms with Gasteiger partial charge in [0, 0.05) is 44.4 Å². The van der Waals surface area contributed by atoms with Crippen LogP contribution in [0.25, 0.3) is 11.1 Å². The largest absolute Gasteiger partial charge is 0.441 e. The number of fused-ring (bicyclic) bond motifs is 1. The molecule has 0 saturated carbocycles. The van der Waals surface area contributed by atoms with Crippen molar-refractivity contribution in [1.82, 2.24) is 25.2 Å². The SMILES string of the molecule is O=C(NCCCc1nc2ccccc2o1)N1CCC[C@H](c2ncc[nH]2)C1. The van der Waals surface area contributed by atoms with Crippen molar-refractivity contribution in [3.8, 4) is 0 Å².